The number of halogens is 3. The molecule has 0 aromatic heterocycles. The molecule has 3 N–H and O–H groups in total. The predicted molar refractivity (Wildman–Crippen MR) is 120 cm³/mol. The molecule has 0 bridgehead atoms. The van der Waals surface area contributed by atoms with Gasteiger partial charge in [-0.15, -0.1) is 24.0 Å². The van der Waals surface area contributed by atoms with Crippen molar-refractivity contribution in [2.45, 2.75) is 32.1 Å². The second-order valence-corrected chi connectivity index (χ2v) is 7.40. The van der Waals surface area contributed by atoms with Gasteiger partial charge in [-0.05, 0) is 36.5 Å². The molecule has 1 amide bonds. The fraction of sp³-hybridized carbons (Fsp3) is 0.556. The number of rotatable bonds is 5. The highest BCUT2D eigenvalue weighted by Crippen LogP contribution is 2.31. The van der Waals surface area contributed by atoms with Crippen molar-refractivity contribution in [3.8, 4) is 0 Å². The molecular formula is C18H27Cl2IN4O. The number of guanidine groups is 1. The molecule has 146 valence electrons. The lowest BCUT2D eigenvalue weighted by molar-refractivity contribution is -0.119. The Labute approximate surface area is 182 Å². The van der Waals surface area contributed by atoms with Gasteiger partial charge in [0.15, 0.2) is 5.96 Å². The zero-order valence-corrected chi connectivity index (χ0v) is 19.0. The molecule has 0 saturated carbocycles. The van der Waals surface area contributed by atoms with Crippen LogP contribution in [0.3, 0.4) is 0 Å². The van der Waals surface area contributed by atoms with Crippen LogP contribution in [0.4, 0.5) is 0 Å². The lowest BCUT2D eigenvalue weighted by Crippen LogP contribution is -2.47. The first-order chi connectivity index (χ1) is 11.9. The van der Waals surface area contributed by atoms with Crippen LogP contribution in [0, 0.1) is 5.92 Å². The summed E-state index contributed by atoms with van der Waals surface area (Å²) in [5, 5.41) is 4.76. The number of piperidine rings is 1. The third kappa shape index (κ3) is 6.46. The maximum atomic E-state index is 11.2. The van der Waals surface area contributed by atoms with Gasteiger partial charge in [-0.3, -0.25) is 9.79 Å². The number of aliphatic imine (C=N–C) groups is 1. The first kappa shape index (κ1) is 23.3. The van der Waals surface area contributed by atoms with Crippen molar-refractivity contribution in [3.63, 3.8) is 0 Å². The normalized spacial score (nSPS) is 18.8. The number of amides is 1. The summed E-state index contributed by atoms with van der Waals surface area (Å²) in [7, 11) is 1.77. The number of hydrogen-bond donors (Lipinski definition) is 2. The number of hydrogen-bond acceptors (Lipinski definition) is 2. The van der Waals surface area contributed by atoms with Crippen LogP contribution >= 0.6 is 47.2 Å². The highest BCUT2D eigenvalue weighted by Gasteiger charge is 2.24. The molecule has 1 fully saturated rings. The van der Waals surface area contributed by atoms with Crippen LogP contribution in [-0.2, 0) is 4.79 Å². The minimum atomic E-state index is -0.239. The quantitative estimate of drug-likeness (QED) is 0.357. The summed E-state index contributed by atoms with van der Waals surface area (Å²) in [6, 6.07) is 5.56. The van der Waals surface area contributed by atoms with Crippen molar-refractivity contribution >= 4 is 59.0 Å². The van der Waals surface area contributed by atoms with E-state index in [4.69, 9.17) is 28.9 Å². The molecule has 26 heavy (non-hydrogen) atoms. The summed E-state index contributed by atoms with van der Waals surface area (Å²) < 4.78 is 0. The van der Waals surface area contributed by atoms with Crippen LogP contribution in [-0.4, -0.2) is 43.4 Å². The summed E-state index contributed by atoms with van der Waals surface area (Å²) in [5.41, 5.74) is 6.28. The molecule has 1 aliphatic rings. The van der Waals surface area contributed by atoms with Gasteiger partial charge in [-0.25, -0.2) is 0 Å². The van der Waals surface area contributed by atoms with E-state index in [0.717, 1.165) is 37.5 Å². The third-order valence-electron chi connectivity index (χ3n) is 4.58. The molecule has 1 aliphatic heterocycles. The SMILES string of the molecule is CN=C(NCC(C)c1c(Cl)cccc1Cl)N1CCCC(CC(N)=O)C1.I. The highest BCUT2D eigenvalue weighted by atomic mass is 127. The average Bonchev–Trinajstić information content (AvgIpc) is 2.55. The maximum absolute atomic E-state index is 11.2. The lowest BCUT2D eigenvalue weighted by atomic mass is 9.95. The van der Waals surface area contributed by atoms with E-state index in [-0.39, 0.29) is 35.8 Å². The summed E-state index contributed by atoms with van der Waals surface area (Å²) in [6.07, 6.45) is 2.49. The highest BCUT2D eigenvalue weighted by molar-refractivity contribution is 14.0. The van der Waals surface area contributed by atoms with Gasteiger partial charge < -0.3 is 16.0 Å². The van der Waals surface area contributed by atoms with Crippen molar-refractivity contribution < 1.29 is 4.79 Å². The van der Waals surface area contributed by atoms with Crippen LogP contribution in [0.25, 0.3) is 0 Å². The van der Waals surface area contributed by atoms with E-state index in [1.54, 1.807) is 7.05 Å². The van der Waals surface area contributed by atoms with E-state index in [1.165, 1.54) is 0 Å². The molecule has 5 nitrogen and oxygen atoms in total. The molecule has 1 heterocycles. The van der Waals surface area contributed by atoms with Crippen LogP contribution in [0.15, 0.2) is 23.2 Å². The number of benzene rings is 1. The standard InChI is InChI=1S/C18H26Cl2N4O.HI/c1-12(17-14(19)6-3-7-15(17)20)10-23-18(22-2)24-8-4-5-13(11-24)9-16(21)25;/h3,6-7,12-13H,4-5,8-11H2,1-2H3,(H2,21,25)(H,22,23);1H. The van der Waals surface area contributed by atoms with E-state index in [9.17, 15) is 4.79 Å². The molecule has 1 aromatic rings. The fourth-order valence-electron chi connectivity index (χ4n) is 3.37. The van der Waals surface area contributed by atoms with Crippen LogP contribution < -0.4 is 11.1 Å². The smallest absolute Gasteiger partial charge is 0.217 e. The second-order valence-electron chi connectivity index (χ2n) is 6.59. The Kier molecular flexibility index (Phi) is 10.0. The Balaban J connectivity index is 0.00000338. The predicted octanol–water partition coefficient (Wildman–Crippen LogP) is 3.88. The van der Waals surface area contributed by atoms with Gasteiger partial charge in [-0.1, -0.05) is 36.2 Å². The Bertz CT molecular complexity index is 621. The molecule has 0 aliphatic carbocycles. The molecule has 1 aromatic carbocycles. The maximum Gasteiger partial charge on any atom is 0.217 e. The number of carbonyl (C=O) groups is 1. The molecule has 0 spiro atoms. The van der Waals surface area contributed by atoms with Gasteiger partial charge in [0.2, 0.25) is 5.91 Å². The largest absolute Gasteiger partial charge is 0.370 e. The van der Waals surface area contributed by atoms with Crippen molar-refractivity contribution in [1.82, 2.24) is 10.2 Å². The first-order valence-corrected chi connectivity index (χ1v) is 9.35. The minimum absolute atomic E-state index is 0. The number of carbonyl (C=O) groups excluding carboxylic acids is 1. The molecule has 2 rings (SSSR count). The van der Waals surface area contributed by atoms with E-state index in [2.05, 4.69) is 22.1 Å². The number of nitrogens with one attached hydrogen (secondary N) is 1. The van der Waals surface area contributed by atoms with Crippen molar-refractivity contribution in [3.05, 3.63) is 33.8 Å². The molecular weight excluding hydrogens is 486 g/mol. The Morgan fingerprint density at radius 2 is 2.08 bits per heavy atom. The van der Waals surface area contributed by atoms with E-state index >= 15 is 0 Å². The monoisotopic (exact) mass is 512 g/mol. The molecule has 8 heteroatoms. The van der Waals surface area contributed by atoms with Gasteiger partial charge in [-0.2, -0.15) is 0 Å². The van der Waals surface area contributed by atoms with Gasteiger partial charge in [0, 0.05) is 49.1 Å². The number of primary amides is 1. The summed E-state index contributed by atoms with van der Waals surface area (Å²) in [4.78, 5) is 17.8. The van der Waals surface area contributed by atoms with Crippen LogP contribution in [0.2, 0.25) is 10.0 Å². The zero-order valence-electron chi connectivity index (χ0n) is 15.2. The van der Waals surface area contributed by atoms with Gasteiger partial charge in [0.25, 0.3) is 0 Å². The molecule has 1 saturated heterocycles. The lowest BCUT2D eigenvalue weighted by Gasteiger charge is -2.35. The molecule has 0 radical (unpaired) electrons. The van der Waals surface area contributed by atoms with Gasteiger partial charge in [0.1, 0.15) is 0 Å². The van der Waals surface area contributed by atoms with Crippen molar-refractivity contribution in [2.75, 3.05) is 26.7 Å². The van der Waals surface area contributed by atoms with Gasteiger partial charge in [0.05, 0.1) is 0 Å². The Morgan fingerprint density at radius 3 is 2.65 bits per heavy atom. The second kappa shape index (κ2) is 11.2. The Morgan fingerprint density at radius 1 is 1.42 bits per heavy atom. The summed E-state index contributed by atoms with van der Waals surface area (Å²) >= 11 is 12.6. The molecule has 2 atom stereocenters. The first-order valence-electron chi connectivity index (χ1n) is 8.60. The number of nitrogens with two attached hydrogens (primary N) is 1. The van der Waals surface area contributed by atoms with E-state index in [0.29, 0.717) is 28.9 Å². The van der Waals surface area contributed by atoms with E-state index < -0.39 is 0 Å². The minimum Gasteiger partial charge on any atom is -0.370 e. The van der Waals surface area contributed by atoms with Crippen LogP contribution in [0.1, 0.15) is 37.7 Å². The number of nitrogens with zero attached hydrogens (tertiary/aromatic N) is 2. The Hall–Kier alpha value is -0.730. The average molecular weight is 513 g/mol. The van der Waals surface area contributed by atoms with Crippen LogP contribution in [0.5, 0.6) is 0 Å². The number of likely N-dealkylation sites (tertiary alicyclic amines) is 1. The topological polar surface area (TPSA) is 70.7 Å². The van der Waals surface area contributed by atoms with Crippen molar-refractivity contribution in [2.24, 2.45) is 16.6 Å². The fourth-order valence-corrected chi connectivity index (χ4v) is 4.14. The summed E-state index contributed by atoms with van der Waals surface area (Å²) in [6.45, 7) is 4.48. The van der Waals surface area contributed by atoms with Crippen molar-refractivity contribution in [1.29, 1.82) is 0 Å². The van der Waals surface area contributed by atoms with E-state index in [1.807, 2.05) is 18.2 Å². The third-order valence-corrected chi connectivity index (χ3v) is 5.24. The molecule has 2 unspecified atom stereocenters. The summed E-state index contributed by atoms with van der Waals surface area (Å²) in [5.74, 6) is 1.03. The zero-order chi connectivity index (χ0) is 18.4. The van der Waals surface area contributed by atoms with Gasteiger partial charge >= 0.3 is 0 Å².